The van der Waals surface area contributed by atoms with Gasteiger partial charge >= 0.3 is 0 Å². The normalized spacial score (nSPS) is 28.9. The number of hydrogen-bond acceptors (Lipinski definition) is 1. The topological polar surface area (TPSA) is 3.24 Å². The van der Waals surface area contributed by atoms with Crippen LogP contribution in [-0.2, 0) is 0 Å². The predicted molar refractivity (Wildman–Crippen MR) is 74.0 cm³/mol. The van der Waals surface area contributed by atoms with Gasteiger partial charge in [-0.1, -0.05) is 27.7 Å². The molecule has 1 aliphatic rings. The van der Waals surface area contributed by atoms with Gasteiger partial charge in [-0.15, -0.1) is 0 Å². The summed E-state index contributed by atoms with van der Waals surface area (Å²) in [6, 6.07) is 1.57. The number of hydrogen-bond donors (Lipinski definition) is 0. The lowest BCUT2D eigenvalue weighted by Crippen LogP contribution is -2.39. The predicted octanol–water partition coefficient (Wildman–Crippen LogP) is 3.54. The van der Waals surface area contributed by atoms with Gasteiger partial charge in [0.2, 0.25) is 0 Å². The molecule has 1 atom stereocenters. The van der Waals surface area contributed by atoms with Gasteiger partial charge in [-0.3, -0.25) is 4.90 Å². The summed E-state index contributed by atoms with van der Waals surface area (Å²) in [5.41, 5.74) is 0. The van der Waals surface area contributed by atoms with Gasteiger partial charge in [-0.2, -0.15) is 0 Å². The van der Waals surface area contributed by atoms with Gasteiger partial charge in [-0.05, 0) is 37.0 Å². The van der Waals surface area contributed by atoms with E-state index in [0.717, 1.165) is 18.0 Å². The Morgan fingerprint density at radius 3 is 1.93 bits per heavy atom. The van der Waals surface area contributed by atoms with Gasteiger partial charge in [0, 0.05) is 18.0 Å². The smallest absolute Gasteiger partial charge is 0.0296 e. The minimum absolute atomic E-state index is 0.299. The molecule has 2 heteroatoms. The Morgan fingerprint density at radius 1 is 1.13 bits per heavy atom. The first kappa shape index (κ1) is 13.4. The fourth-order valence-electron chi connectivity index (χ4n) is 2.65. The minimum atomic E-state index is -0.299. The zero-order chi connectivity index (χ0) is 11.6. The van der Waals surface area contributed by atoms with E-state index in [4.69, 9.17) is 0 Å². The maximum Gasteiger partial charge on any atom is 0.0296 e. The summed E-state index contributed by atoms with van der Waals surface area (Å²) in [7, 11) is -0.299. The maximum atomic E-state index is 2.77. The Kier molecular flexibility index (Phi) is 4.54. The molecule has 0 amide bonds. The largest absolute Gasteiger partial charge is 0.289 e. The highest BCUT2D eigenvalue weighted by molar-refractivity contribution is 8.33. The molecule has 0 bridgehead atoms. The van der Waals surface area contributed by atoms with Crippen molar-refractivity contribution in [3.8, 4) is 0 Å². The average molecular weight is 231 g/mol. The van der Waals surface area contributed by atoms with Crippen LogP contribution in [0.4, 0.5) is 0 Å². The minimum Gasteiger partial charge on any atom is -0.289 e. The van der Waals surface area contributed by atoms with E-state index in [9.17, 15) is 0 Å². The van der Waals surface area contributed by atoms with Gasteiger partial charge in [0.15, 0.2) is 0 Å². The summed E-state index contributed by atoms with van der Waals surface area (Å²) in [6.45, 7) is 14.3. The van der Waals surface area contributed by atoms with E-state index in [1.165, 1.54) is 23.1 Å². The zero-order valence-electron chi connectivity index (χ0n) is 11.4. The first-order chi connectivity index (χ1) is 6.95. The van der Waals surface area contributed by atoms with Gasteiger partial charge in [-0.25, -0.2) is 10.0 Å². The van der Waals surface area contributed by atoms with E-state index in [-0.39, 0.29) is 10.0 Å². The fourth-order valence-corrected chi connectivity index (χ4v) is 6.43. The lowest BCUT2D eigenvalue weighted by molar-refractivity contribution is 0.175. The SMILES string of the molecule is CCS1(CC)CC(C(C)C)N(C(C)C)C1. The zero-order valence-corrected chi connectivity index (χ0v) is 12.2. The van der Waals surface area contributed by atoms with Crippen LogP contribution >= 0.6 is 10.0 Å². The molecule has 0 saturated carbocycles. The van der Waals surface area contributed by atoms with Crippen molar-refractivity contribution < 1.29 is 0 Å². The van der Waals surface area contributed by atoms with Crippen LogP contribution in [0.2, 0.25) is 0 Å². The molecule has 0 aliphatic carbocycles. The highest BCUT2D eigenvalue weighted by atomic mass is 32.3. The molecular formula is C13H29NS. The fraction of sp³-hybridized carbons (Fsp3) is 1.00. The monoisotopic (exact) mass is 231 g/mol. The van der Waals surface area contributed by atoms with E-state index in [1.807, 2.05) is 0 Å². The molecule has 1 heterocycles. The summed E-state index contributed by atoms with van der Waals surface area (Å²) in [6.07, 6.45) is 0. The highest BCUT2D eigenvalue weighted by Gasteiger charge is 2.39. The van der Waals surface area contributed by atoms with Crippen LogP contribution in [0.1, 0.15) is 41.5 Å². The molecule has 15 heavy (non-hydrogen) atoms. The van der Waals surface area contributed by atoms with Gasteiger partial charge in [0.1, 0.15) is 0 Å². The second-order valence-electron chi connectivity index (χ2n) is 5.52. The van der Waals surface area contributed by atoms with Crippen LogP contribution in [0.5, 0.6) is 0 Å². The molecule has 1 fully saturated rings. The van der Waals surface area contributed by atoms with Gasteiger partial charge in [0.05, 0.1) is 0 Å². The molecule has 0 spiro atoms. The third-order valence-corrected chi connectivity index (χ3v) is 8.37. The van der Waals surface area contributed by atoms with Crippen molar-refractivity contribution in [3.63, 3.8) is 0 Å². The Bertz CT molecular complexity index is 179. The molecule has 1 aliphatic heterocycles. The molecule has 0 aromatic carbocycles. The van der Waals surface area contributed by atoms with E-state index >= 15 is 0 Å². The second-order valence-corrected chi connectivity index (χ2v) is 9.71. The van der Waals surface area contributed by atoms with E-state index in [1.54, 1.807) is 0 Å². The third kappa shape index (κ3) is 2.71. The summed E-state index contributed by atoms with van der Waals surface area (Å²) >= 11 is 0. The van der Waals surface area contributed by atoms with E-state index in [2.05, 4.69) is 46.4 Å². The van der Waals surface area contributed by atoms with Crippen molar-refractivity contribution in [3.05, 3.63) is 0 Å². The molecule has 1 saturated heterocycles. The van der Waals surface area contributed by atoms with Crippen LogP contribution < -0.4 is 0 Å². The number of rotatable bonds is 4. The standard InChI is InChI=1S/C13H29NS/c1-7-15(8-2)9-13(11(3)4)14(10-15)12(5)6/h11-13H,7-10H2,1-6H3. The molecule has 92 valence electrons. The molecule has 1 unspecified atom stereocenters. The van der Waals surface area contributed by atoms with E-state index < -0.39 is 0 Å². The van der Waals surface area contributed by atoms with Gasteiger partial charge < -0.3 is 0 Å². The van der Waals surface area contributed by atoms with Crippen molar-refractivity contribution in [1.29, 1.82) is 0 Å². The Hall–Kier alpha value is 0.310. The maximum absolute atomic E-state index is 2.77. The van der Waals surface area contributed by atoms with Crippen molar-refractivity contribution >= 4 is 10.0 Å². The van der Waals surface area contributed by atoms with E-state index in [0.29, 0.717) is 0 Å². The van der Waals surface area contributed by atoms with Crippen LogP contribution in [-0.4, -0.2) is 40.1 Å². The lowest BCUT2D eigenvalue weighted by atomic mass is 10.0. The quantitative estimate of drug-likeness (QED) is 0.715. The lowest BCUT2D eigenvalue weighted by Gasteiger charge is -2.34. The molecule has 0 N–H and O–H groups in total. The summed E-state index contributed by atoms with van der Waals surface area (Å²) < 4.78 is 0. The summed E-state index contributed by atoms with van der Waals surface area (Å²) in [4.78, 5) is 2.77. The van der Waals surface area contributed by atoms with Gasteiger partial charge in [0.25, 0.3) is 0 Å². The van der Waals surface area contributed by atoms with Crippen LogP contribution in [0.3, 0.4) is 0 Å². The summed E-state index contributed by atoms with van der Waals surface area (Å²) in [5, 5.41) is 0. The molecule has 0 radical (unpaired) electrons. The van der Waals surface area contributed by atoms with Crippen LogP contribution in [0.25, 0.3) is 0 Å². The second kappa shape index (κ2) is 5.09. The third-order valence-electron chi connectivity index (χ3n) is 4.03. The molecule has 1 nitrogen and oxygen atoms in total. The first-order valence-corrected chi connectivity index (χ1v) is 8.76. The van der Waals surface area contributed by atoms with Crippen molar-refractivity contribution in [2.75, 3.05) is 23.1 Å². The average Bonchev–Trinajstić information content (AvgIpc) is 2.58. The van der Waals surface area contributed by atoms with Crippen molar-refractivity contribution in [2.24, 2.45) is 5.92 Å². The molecule has 0 aromatic heterocycles. The van der Waals surface area contributed by atoms with Crippen LogP contribution in [0.15, 0.2) is 0 Å². The highest BCUT2D eigenvalue weighted by Crippen LogP contribution is 2.55. The number of nitrogens with zero attached hydrogens (tertiary/aromatic N) is 1. The Balaban J connectivity index is 2.81. The Morgan fingerprint density at radius 2 is 1.67 bits per heavy atom. The van der Waals surface area contributed by atoms with Crippen molar-refractivity contribution in [1.82, 2.24) is 4.90 Å². The summed E-state index contributed by atoms with van der Waals surface area (Å²) in [5.74, 6) is 6.57. The molecule has 1 rings (SSSR count). The first-order valence-electron chi connectivity index (χ1n) is 6.45. The van der Waals surface area contributed by atoms with Crippen LogP contribution in [0, 0.1) is 5.92 Å². The van der Waals surface area contributed by atoms with Crippen molar-refractivity contribution in [2.45, 2.75) is 53.6 Å². The molecule has 0 aromatic rings. The Labute approximate surface area is 97.9 Å². The molecular weight excluding hydrogens is 202 g/mol.